The number of carbonyl (C=O) groups excluding carboxylic acids is 3. The van der Waals surface area contributed by atoms with E-state index >= 15 is 0 Å². The molecule has 0 radical (unpaired) electrons. The van der Waals surface area contributed by atoms with Crippen LogP contribution in [0.25, 0.3) is 0 Å². The van der Waals surface area contributed by atoms with Crippen molar-refractivity contribution in [1.82, 2.24) is 0 Å². The topological polar surface area (TPSA) is 78.9 Å². The number of rotatable bonds is 56. The normalized spacial score (nSPS) is 12.7. The lowest BCUT2D eigenvalue weighted by Crippen LogP contribution is -2.30. The van der Waals surface area contributed by atoms with Crippen LogP contribution < -0.4 is 0 Å². The van der Waals surface area contributed by atoms with Crippen molar-refractivity contribution in [3.05, 3.63) is 97.2 Å². The molecule has 6 nitrogen and oxygen atoms in total. The molecule has 0 saturated heterocycles. The molecule has 0 aliphatic carbocycles. The molecule has 0 spiro atoms. The predicted molar refractivity (Wildman–Crippen MR) is 320 cm³/mol. The van der Waals surface area contributed by atoms with E-state index in [1.807, 2.05) is 0 Å². The Morgan fingerprint density at radius 3 is 0.865 bits per heavy atom. The standard InChI is InChI=1S/C68H116O6/c1-4-7-10-13-16-19-22-25-28-30-32-33-34-35-37-38-40-43-46-49-52-55-58-61-67(70)73-64-65(63-72-66(69)60-57-54-51-48-45-42-27-24-21-18-15-12-9-6-3)74-68(71)62-59-56-53-50-47-44-41-39-36-31-29-26-23-20-17-14-11-8-5-2/h7,10,15-16,18-19,24-25,27-28,32-33,35,37,40,43,65H,4-6,8-9,11-14,17,20-23,26,29-31,34,36,38-39,41-42,44-64H2,1-3H3/b10-7-,18-15-,19-16-,27-24-,28-25-,33-32-,37-35-,43-40-. The lowest BCUT2D eigenvalue weighted by atomic mass is 10.0. The average molecular weight is 1030 g/mol. The Bertz CT molecular complexity index is 1460. The smallest absolute Gasteiger partial charge is 0.306 e. The molecule has 0 aliphatic rings. The molecule has 74 heavy (non-hydrogen) atoms. The van der Waals surface area contributed by atoms with Crippen molar-refractivity contribution in [2.75, 3.05) is 13.2 Å². The summed E-state index contributed by atoms with van der Waals surface area (Å²) in [5.41, 5.74) is 0. The van der Waals surface area contributed by atoms with Crippen LogP contribution in [0, 0.1) is 0 Å². The van der Waals surface area contributed by atoms with Gasteiger partial charge in [0.05, 0.1) is 0 Å². The molecule has 6 heteroatoms. The van der Waals surface area contributed by atoms with Crippen molar-refractivity contribution >= 4 is 17.9 Å². The van der Waals surface area contributed by atoms with Crippen LogP contribution in [0.5, 0.6) is 0 Å². The summed E-state index contributed by atoms with van der Waals surface area (Å²) >= 11 is 0. The molecule has 0 bridgehead atoms. The maximum atomic E-state index is 12.9. The largest absolute Gasteiger partial charge is 0.462 e. The highest BCUT2D eigenvalue weighted by molar-refractivity contribution is 5.71. The zero-order chi connectivity index (χ0) is 53.6. The van der Waals surface area contributed by atoms with Gasteiger partial charge in [-0.2, -0.15) is 0 Å². The van der Waals surface area contributed by atoms with Crippen LogP contribution in [0.1, 0.15) is 297 Å². The van der Waals surface area contributed by atoms with Gasteiger partial charge >= 0.3 is 17.9 Å². The highest BCUT2D eigenvalue weighted by Crippen LogP contribution is 2.16. The predicted octanol–water partition coefficient (Wildman–Crippen LogP) is 21.3. The number of allylic oxidation sites excluding steroid dienone is 16. The number of hydrogen-bond donors (Lipinski definition) is 0. The van der Waals surface area contributed by atoms with E-state index in [0.717, 1.165) is 135 Å². The maximum Gasteiger partial charge on any atom is 0.306 e. The van der Waals surface area contributed by atoms with Gasteiger partial charge in [0.2, 0.25) is 0 Å². The third-order valence-corrected chi connectivity index (χ3v) is 13.3. The molecule has 0 aliphatic heterocycles. The van der Waals surface area contributed by atoms with Crippen molar-refractivity contribution in [1.29, 1.82) is 0 Å². The van der Waals surface area contributed by atoms with Crippen LogP contribution in [-0.2, 0) is 28.6 Å². The number of hydrogen-bond acceptors (Lipinski definition) is 6. The monoisotopic (exact) mass is 1030 g/mol. The summed E-state index contributed by atoms with van der Waals surface area (Å²) in [6.45, 7) is 6.48. The number of esters is 3. The van der Waals surface area contributed by atoms with Gasteiger partial charge in [-0.1, -0.05) is 279 Å². The fourth-order valence-corrected chi connectivity index (χ4v) is 8.64. The van der Waals surface area contributed by atoms with Crippen molar-refractivity contribution < 1.29 is 28.6 Å². The molecule has 0 aromatic heterocycles. The van der Waals surface area contributed by atoms with E-state index in [-0.39, 0.29) is 31.1 Å². The highest BCUT2D eigenvalue weighted by Gasteiger charge is 2.19. The summed E-state index contributed by atoms with van der Waals surface area (Å²) in [5.74, 6) is -0.919. The number of ether oxygens (including phenoxy) is 3. The summed E-state index contributed by atoms with van der Waals surface area (Å²) < 4.78 is 16.9. The van der Waals surface area contributed by atoms with Crippen LogP contribution in [-0.4, -0.2) is 37.2 Å². The van der Waals surface area contributed by atoms with Gasteiger partial charge in [0, 0.05) is 19.3 Å². The lowest BCUT2D eigenvalue weighted by Gasteiger charge is -2.18. The van der Waals surface area contributed by atoms with Crippen LogP contribution in [0.4, 0.5) is 0 Å². The lowest BCUT2D eigenvalue weighted by molar-refractivity contribution is -0.167. The van der Waals surface area contributed by atoms with E-state index in [9.17, 15) is 14.4 Å². The van der Waals surface area contributed by atoms with E-state index in [2.05, 4.69) is 118 Å². The zero-order valence-electron chi connectivity index (χ0n) is 48.6. The van der Waals surface area contributed by atoms with Crippen LogP contribution in [0.3, 0.4) is 0 Å². The molecule has 0 N–H and O–H groups in total. The van der Waals surface area contributed by atoms with Crippen molar-refractivity contribution in [3.63, 3.8) is 0 Å². The molecule has 424 valence electrons. The van der Waals surface area contributed by atoms with Crippen molar-refractivity contribution in [2.24, 2.45) is 0 Å². The van der Waals surface area contributed by atoms with E-state index < -0.39 is 6.10 Å². The average Bonchev–Trinajstić information content (AvgIpc) is 3.40. The van der Waals surface area contributed by atoms with Gasteiger partial charge in [0.15, 0.2) is 6.10 Å². The second-order valence-electron chi connectivity index (χ2n) is 20.6. The molecule has 1 unspecified atom stereocenters. The Kier molecular flexibility index (Phi) is 58.8. The van der Waals surface area contributed by atoms with E-state index in [4.69, 9.17) is 14.2 Å². The van der Waals surface area contributed by atoms with Crippen LogP contribution in [0.2, 0.25) is 0 Å². The first-order chi connectivity index (χ1) is 36.5. The highest BCUT2D eigenvalue weighted by atomic mass is 16.6. The first-order valence-corrected chi connectivity index (χ1v) is 31.2. The van der Waals surface area contributed by atoms with Crippen molar-refractivity contribution in [2.45, 2.75) is 303 Å². The fraction of sp³-hybridized carbons (Fsp3) is 0.721. The van der Waals surface area contributed by atoms with Gasteiger partial charge in [0.25, 0.3) is 0 Å². The van der Waals surface area contributed by atoms with Gasteiger partial charge in [0.1, 0.15) is 13.2 Å². The molecule has 0 rings (SSSR count). The van der Waals surface area contributed by atoms with Gasteiger partial charge in [-0.15, -0.1) is 0 Å². The Hall–Kier alpha value is -3.67. The van der Waals surface area contributed by atoms with E-state index in [1.54, 1.807) is 0 Å². The summed E-state index contributed by atoms with van der Waals surface area (Å²) in [7, 11) is 0. The number of carbonyl (C=O) groups is 3. The second kappa shape index (κ2) is 61.9. The maximum absolute atomic E-state index is 12.9. The molecule has 0 heterocycles. The minimum Gasteiger partial charge on any atom is -0.462 e. The zero-order valence-corrected chi connectivity index (χ0v) is 48.6. The Morgan fingerprint density at radius 2 is 0.541 bits per heavy atom. The Morgan fingerprint density at radius 1 is 0.284 bits per heavy atom. The first-order valence-electron chi connectivity index (χ1n) is 31.2. The quantitative estimate of drug-likeness (QED) is 0.0261. The summed E-state index contributed by atoms with van der Waals surface area (Å²) in [4.78, 5) is 38.3. The molecule has 0 fully saturated rings. The third kappa shape index (κ3) is 59.2. The summed E-state index contributed by atoms with van der Waals surface area (Å²) in [6.07, 6.45) is 82.6. The van der Waals surface area contributed by atoms with E-state index in [0.29, 0.717) is 19.3 Å². The van der Waals surface area contributed by atoms with Gasteiger partial charge < -0.3 is 14.2 Å². The number of unbranched alkanes of at least 4 members (excludes halogenated alkanes) is 29. The molecular weight excluding hydrogens is 913 g/mol. The van der Waals surface area contributed by atoms with Gasteiger partial charge in [-0.05, 0) is 96.3 Å². The molecule has 1 atom stereocenters. The van der Waals surface area contributed by atoms with Crippen LogP contribution in [0.15, 0.2) is 97.2 Å². The van der Waals surface area contributed by atoms with Crippen LogP contribution >= 0.6 is 0 Å². The first kappa shape index (κ1) is 70.3. The molecule has 0 aromatic carbocycles. The summed E-state index contributed by atoms with van der Waals surface area (Å²) in [6, 6.07) is 0. The SMILES string of the molecule is CC/C=C\C/C=C\C/C=C\C/C=C\C/C=C\C/C=C\CCCCCCC(=O)OCC(COC(=O)CCCCCCC/C=C\C/C=C\CCCC)OC(=O)CCCCCCCCCCCCCCCCCCCCC. The molecular formula is C68H116O6. The summed E-state index contributed by atoms with van der Waals surface area (Å²) in [5, 5.41) is 0. The van der Waals surface area contributed by atoms with Gasteiger partial charge in [-0.25, -0.2) is 0 Å². The molecule has 0 aromatic rings. The minimum atomic E-state index is -0.794. The second-order valence-corrected chi connectivity index (χ2v) is 20.6. The van der Waals surface area contributed by atoms with Gasteiger partial charge in [-0.3, -0.25) is 14.4 Å². The fourth-order valence-electron chi connectivity index (χ4n) is 8.64. The Labute approximate surface area is 457 Å². The Balaban J connectivity index is 4.41. The van der Waals surface area contributed by atoms with E-state index in [1.165, 1.54) is 122 Å². The third-order valence-electron chi connectivity index (χ3n) is 13.3. The molecule has 0 amide bonds. The minimum absolute atomic E-state index is 0.0915. The van der Waals surface area contributed by atoms with Crippen molar-refractivity contribution in [3.8, 4) is 0 Å². The molecule has 0 saturated carbocycles.